The van der Waals surface area contributed by atoms with E-state index in [4.69, 9.17) is 16.3 Å². The maximum atomic E-state index is 13.0. The molecule has 0 aliphatic heterocycles. The first-order chi connectivity index (χ1) is 9.70. The summed E-state index contributed by atoms with van der Waals surface area (Å²) in [6, 6.07) is 2.41. The third-order valence-electron chi connectivity index (χ3n) is 2.95. The van der Waals surface area contributed by atoms with Crippen molar-refractivity contribution >= 4 is 23.1 Å². The fourth-order valence-corrected chi connectivity index (χ4v) is 2.33. The SMILES string of the molecule is CCO[C@H](Cc1cc(Cl)c(NC)c(C(F)(F)F)c1)C(C)=O. The maximum Gasteiger partial charge on any atom is 0.418 e. The second-order valence-electron chi connectivity index (χ2n) is 4.51. The van der Waals surface area contributed by atoms with Crippen molar-refractivity contribution in [3.63, 3.8) is 0 Å². The molecule has 1 aromatic carbocycles. The summed E-state index contributed by atoms with van der Waals surface area (Å²) in [5, 5.41) is 2.41. The number of hydrogen-bond acceptors (Lipinski definition) is 3. The van der Waals surface area contributed by atoms with Gasteiger partial charge in [-0.2, -0.15) is 13.2 Å². The molecule has 0 heterocycles. The molecule has 0 bridgehead atoms. The molecule has 0 spiro atoms. The highest BCUT2D eigenvalue weighted by atomic mass is 35.5. The number of Topliss-reactive ketones (excluding diaryl/α,β-unsaturated/α-hetero) is 1. The number of anilines is 1. The lowest BCUT2D eigenvalue weighted by molar-refractivity contribution is -0.137. The van der Waals surface area contributed by atoms with Crippen LogP contribution in [0.3, 0.4) is 0 Å². The predicted octanol–water partition coefficient (Wildman–Crippen LogP) is 3.94. The predicted molar refractivity (Wildman–Crippen MR) is 75.8 cm³/mol. The lowest BCUT2D eigenvalue weighted by atomic mass is 10.0. The number of nitrogens with one attached hydrogen (secondary N) is 1. The van der Waals surface area contributed by atoms with Crippen LogP contribution in [0.4, 0.5) is 18.9 Å². The van der Waals surface area contributed by atoms with E-state index >= 15 is 0 Å². The Labute approximate surface area is 126 Å². The van der Waals surface area contributed by atoms with Crippen LogP contribution < -0.4 is 5.32 Å². The molecular formula is C14H17ClF3NO2. The molecule has 1 atom stereocenters. The first kappa shape index (κ1) is 17.8. The molecule has 1 rings (SSSR count). The summed E-state index contributed by atoms with van der Waals surface area (Å²) in [5.41, 5.74) is -0.727. The minimum atomic E-state index is -4.53. The summed E-state index contributed by atoms with van der Waals surface area (Å²) >= 11 is 5.89. The minimum Gasteiger partial charge on any atom is -0.386 e. The summed E-state index contributed by atoms with van der Waals surface area (Å²) in [5.74, 6) is -0.237. The highest BCUT2D eigenvalue weighted by Gasteiger charge is 2.35. The van der Waals surface area contributed by atoms with Crippen molar-refractivity contribution in [2.75, 3.05) is 19.0 Å². The van der Waals surface area contributed by atoms with Crippen molar-refractivity contribution < 1.29 is 22.7 Å². The molecule has 0 aromatic heterocycles. The summed E-state index contributed by atoms with van der Waals surface area (Å²) in [6.45, 7) is 3.36. The van der Waals surface area contributed by atoms with Crippen molar-refractivity contribution in [2.24, 2.45) is 0 Å². The van der Waals surface area contributed by atoms with E-state index in [2.05, 4.69) is 5.32 Å². The van der Waals surface area contributed by atoms with Crippen molar-refractivity contribution in [2.45, 2.75) is 32.5 Å². The van der Waals surface area contributed by atoms with Crippen LogP contribution in [0.5, 0.6) is 0 Å². The van der Waals surface area contributed by atoms with Gasteiger partial charge in [0.2, 0.25) is 0 Å². The number of carbonyl (C=O) groups is 1. The number of ketones is 1. The topological polar surface area (TPSA) is 38.3 Å². The standard InChI is InChI=1S/C14H17ClF3NO2/c1-4-21-12(8(2)20)7-9-5-10(14(16,17)18)13(19-3)11(15)6-9/h5-6,12,19H,4,7H2,1-3H3/t12-/m1/s1. The van der Waals surface area contributed by atoms with Crippen molar-refractivity contribution in [3.05, 3.63) is 28.3 Å². The van der Waals surface area contributed by atoms with Crippen LogP contribution in [0.2, 0.25) is 5.02 Å². The van der Waals surface area contributed by atoms with E-state index < -0.39 is 17.8 Å². The van der Waals surface area contributed by atoms with Gasteiger partial charge in [0.05, 0.1) is 16.3 Å². The van der Waals surface area contributed by atoms with Crippen LogP contribution in [0.25, 0.3) is 0 Å². The molecule has 3 nitrogen and oxygen atoms in total. The molecule has 0 radical (unpaired) electrons. The number of rotatable bonds is 6. The first-order valence-electron chi connectivity index (χ1n) is 6.40. The maximum absolute atomic E-state index is 13.0. The Morgan fingerprint density at radius 2 is 2.05 bits per heavy atom. The van der Waals surface area contributed by atoms with E-state index in [0.717, 1.165) is 6.07 Å². The summed E-state index contributed by atoms with van der Waals surface area (Å²) in [7, 11) is 1.37. The highest BCUT2D eigenvalue weighted by molar-refractivity contribution is 6.33. The Bertz CT molecular complexity index is 518. The zero-order valence-electron chi connectivity index (χ0n) is 12.0. The summed E-state index contributed by atoms with van der Waals surface area (Å²) in [4.78, 5) is 11.4. The molecule has 1 aromatic rings. The largest absolute Gasteiger partial charge is 0.418 e. The number of benzene rings is 1. The molecule has 21 heavy (non-hydrogen) atoms. The third-order valence-corrected chi connectivity index (χ3v) is 3.25. The molecule has 0 amide bonds. The second-order valence-corrected chi connectivity index (χ2v) is 4.91. The van der Waals surface area contributed by atoms with Crippen LogP contribution in [0.1, 0.15) is 25.0 Å². The monoisotopic (exact) mass is 323 g/mol. The number of carbonyl (C=O) groups excluding carboxylic acids is 1. The number of hydrogen-bond donors (Lipinski definition) is 1. The molecule has 0 fully saturated rings. The van der Waals surface area contributed by atoms with Gasteiger partial charge in [-0.15, -0.1) is 0 Å². The molecule has 0 aliphatic rings. The van der Waals surface area contributed by atoms with Crippen molar-refractivity contribution in [3.8, 4) is 0 Å². The van der Waals surface area contributed by atoms with Crippen LogP contribution in [-0.4, -0.2) is 25.5 Å². The average molecular weight is 324 g/mol. The van der Waals surface area contributed by atoms with E-state index in [9.17, 15) is 18.0 Å². The smallest absolute Gasteiger partial charge is 0.386 e. The van der Waals surface area contributed by atoms with Crippen LogP contribution in [0.15, 0.2) is 12.1 Å². The Morgan fingerprint density at radius 3 is 2.48 bits per heavy atom. The second kappa shape index (κ2) is 7.13. The van der Waals surface area contributed by atoms with Gasteiger partial charge in [0.25, 0.3) is 0 Å². The molecule has 0 saturated carbocycles. The van der Waals surface area contributed by atoms with Crippen LogP contribution >= 0.6 is 11.6 Å². The molecule has 118 valence electrons. The van der Waals surface area contributed by atoms with Gasteiger partial charge >= 0.3 is 6.18 Å². The van der Waals surface area contributed by atoms with E-state index in [1.54, 1.807) is 6.92 Å². The van der Waals surface area contributed by atoms with Crippen molar-refractivity contribution in [1.82, 2.24) is 0 Å². The summed E-state index contributed by atoms with van der Waals surface area (Å²) in [6.07, 6.45) is -5.25. The Morgan fingerprint density at radius 1 is 1.43 bits per heavy atom. The highest BCUT2D eigenvalue weighted by Crippen LogP contribution is 2.39. The number of halogens is 4. The number of ether oxygens (including phenoxy) is 1. The lowest BCUT2D eigenvalue weighted by Gasteiger charge is -2.18. The van der Waals surface area contributed by atoms with Gasteiger partial charge in [0.15, 0.2) is 5.78 Å². The van der Waals surface area contributed by atoms with Gasteiger partial charge in [0.1, 0.15) is 6.10 Å². The van der Waals surface area contributed by atoms with Gasteiger partial charge in [0, 0.05) is 20.1 Å². The molecule has 0 aliphatic carbocycles. The van der Waals surface area contributed by atoms with Crippen LogP contribution in [0, 0.1) is 0 Å². The average Bonchev–Trinajstić information content (AvgIpc) is 2.36. The molecule has 7 heteroatoms. The number of alkyl halides is 3. The molecule has 0 unspecified atom stereocenters. The molecular weight excluding hydrogens is 307 g/mol. The van der Waals surface area contributed by atoms with Gasteiger partial charge < -0.3 is 10.1 Å². The lowest BCUT2D eigenvalue weighted by Crippen LogP contribution is -2.24. The first-order valence-corrected chi connectivity index (χ1v) is 6.77. The van der Waals surface area contributed by atoms with Gasteiger partial charge in [-0.05, 0) is 31.5 Å². The van der Waals surface area contributed by atoms with E-state index in [1.807, 2.05) is 0 Å². The molecule has 0 saturated heterocycles. The summed E-state index contributed by atoms with van der Waals surface area (Å²) < 4.78 is 44.4. The van der Waals surface area contributed by atoms with Crippen LogP contribution in [-0.2, 0) is 22.1 Å². The third kappa shape index (κ3) is 4.61. The molecule has 1 N–H and O–H groups in total. The van der Waals surface area contributed by atoms with Crippen molar-refractivity contribution in [1.29, 1.82) is 0 Å². The van der Waals surface area contributed by atoms with E-state index in [-0.39, 0.29) is 22.9 Å². The minimum absolute atomic E-state index is 0.0406. The van der Waals surface area contributed by atoms with E-state index in [1.165, 1.54) is 20.0 Å². The van der Waals surface area contributed by atoms with Gasteiger partial charge in [-0.3, -0.25) is 4.79 Å². The van der Waals surface area contributed by atoms with Gasteiger partial charge in [-0.1, -0.05) is 11.6 Å². The normalized spacial score (nSPS) is 13.1. The fourth-order valence-electron chi connectivity index (χ4n) is 1.99. The Kier molecular flexibility index (Phi) is 6.04. The quantitative estimate of drug-likeness (QED) is 0.862. The Balaban J connectivity index is 3.20. The van der Waals surface area contributed by atoms with E-state index in [0.29, 0.717) is 12.2 Å². The zero-order valence-corrected chi connectivity index (χ0v) is 12.7. The zero-order chi connectivity index (χ0) is 16.2. The fraction of sp³-hybridized carbons (Fsp3) is 0.500. The Hall–Kier alpha value is -1.27. The van der Waals surface area contributed by atoms with Gasteiger partial charge in [-0.25, -0.2) is 0 Å².